The van der Waals surface area contributed by atoms with Crippen LogP contribution in [0.2, 0.25) is 0 Å². The highest BCUT2D eigenvalue weighted by Gasteiger charge is 2.35. The molecule has 1 saturated carbocycles. The lowest BCUT2D eigenvalue weighted by Crippen LogP contribution is -2.39. The lowest BCUT2D eigenvalue weighted by atomic mass is 9.94. The van der Waals surface area contributed by atoms with Crippen molar-refractivity contribution < 1.29 is 4.79 Å². The molecule has 0 aromatic carbocycles. The van der Waals surface area contributed by atoms with Crippen LogP contribution in [0.3, 0.4) is 0 Å². The molecule has 0 spiro atoms. The fourth-order valence-corrected chi connectivity index (χ4v) is 3.51. The summed E-state index contributed by atoms with van der Waals surface area (Å²) >= 11 is 1.94. The zero-order valence-corrected chi connectivity index (χ0v) is 10.5. The molecule has 1 heterocycles. The first kappa shape index (κ1) is 11.8. The van der Waals surface area contributed by atoms with Gasteiger partial charge in [-0.3, -0.25) is 4.79 Å². The van der Waals surface area contributed by atoms with Gasteiger partial charge in [-0.05, 0) is 31.9 Å². The maximum atomic E-state index is 11.8. The van der Waals surface area contributed by atoms with Crippen LogP contribution in [0, 0.1) is 17.2 Å². The molecule has 1 amide bonds. The van der Waals surface area contributed by atoms with Gasteiger partial charge in [0.2, 0.25) is 5.91 Å². The standard InChI is InChI=1S/C12H18N2OS/c1-16-11-4-2-10(3-5-11)14-8-9(7-13)6-12(14)15/h9-11H,2-6,8H2,1H3. The van der Waals surface area contributed by atoms with E-state index in [0.29, 0.717) is 19.0 Å². The minimum Gasteiger partial charge on any atom is -0.338 e. The van der Waals surface area contributed by atoms with Gasteiger partial charge >= 0.3 is 0 Å². The molecular weight excluding hydrogens is 220 g/mol. The molecule has 1 saturated heterocycles. The fraction of sp³-hybridized carbons (Fsp3) is 0.833. The molecule has 0 radical (unpaired) electrons. The third kappa shape index (κ3) is 2.35. The largest absolute Gasteiger partial charge is 0.338 e. The first-order valence-electron chi connectivity index (χ1n) is 5.96. The zero-order chi connectivity index (χ0) is 11.5. The summed E-state index contributed by atoms with van der Waals surface area (Å²) in [5.41, 5.74) is 0. The number of likely N-dealkylation sites (tertiary alicyclic amines) is 1. The van der Waals surface area contributed by atoms with E-state index in [-0.39, 0.29) is 11.8 Å². The Kier molecular flexibility index (Phi) is 3.75. The maximum Gasteiger partial charge on any atom is 0.224 e. The Morgan fingerprint density at radius 3 is 2.56 bits per heavy atom. The molecule has 88 valence electrons. The van der Waals surface area contributed by atoms with Crippen molar-refractivity contribution in [1.29, 1.82) is 5.26 Å². The molecule has 3 nitrogen and oxygen atoms in total. The van der Waals surface area contributed by atoms with E-state index in [1.165, 1.54) is 12.8 Å². The number of carbonyl (C=O) groups excluding carboxylic acids is 1. The lowest BCUT2D eigenvalue weighted by molar-refractivity contribution is -0.130. The van der Waals surface area contributed by atoms with Crippen molar-refractivity contribution in [2.75, 3.05) is 12.8 Å². The van der Waals surface area contributed by atoms with Gasteiger partial charge in [0.05, 0.1) is 12.0 Å². The van der Waals surface area contributed by atoms with Crippen LogP contribution in [0.1, 0.15) is 32.1 Å². The Hall–Kier alpha value is -0.690. The minimum absolute atomic E-state index is 0.0641. The summed E-state index contributed by atoms with van der Waals surface area (Å²) in [6.45, 7) is 0.671. The van der Waals surface area contributed by atoms with E-state index >= 15 is 0 Å². The normalized spacial score (nSPS) is 35.1. The highest BCUT2D eigenvalue weighted by atomic mass is 32.2. The minimum atomic E-state index is -0.0641. The highest BCUT2D eigenvalue weighted by Crippen LogP contribution is 2.32. The molecule has 0 aromatic heterocycles. The summed E-state index contributed by atoms with van der Waals surface area (Å²) in [7, 11) is 0. The Labute approximate surface area is 101 Å². The van der Waals surface area contributed by atoms with Gasteiger partial charge in [-0.25, -0.2) is 0 Å². The highest BCUT2D eigenvalue weighted by molar-refractivity contribution is 7.99. The van der Waals surface area contributed by atoms with E-state index in [2.05, 4.69) is 12.3 Å². The summed E-state index contributed by atoms with van der Waals surface area (Å²) in [6, 6.07) is 2.63. The van der Waals surface area contributed by atoms with Crippen molar-refractivity contribution in [1.82, 2.24) is 4.90 Å². The van der Waals surface area contributed by atoms with Crippen LogP contribution in [0.4, 0.5) is 0 Å². The molecule has 2 aliphatic rings. The third-order valence-electron chi connectivity index (χ3n) is 3.76. The average Bonchev–Trinajstić information content (AvgIpc) is 2.71. The van der Waals surface area contributed by atoms with Gasteiger partial charge in [-0.15, -0.1) is 0 Å². The molecule has 0 bridgehead atoms. The molecule has 0 aromatic rings. The Balaban J connectivity index is 1.90. The Morgan fingerprint density at radius 2 is 2.06 bits per heavy atom. The van der Waals surface area contributed by atoms with Crippen molar-refractivity contribution in [3.63, 3.8) is 0 Å². The molecule has 0 N–H and O–H groups in total. The van der Waals surface area contributed by atoms with E-state index in [0.717, 1.165) is 18.1 Å². The first-order valence-corrected chi connectivity index (χ1v) is 7.25. The zero-order valence-electron chi connectivity index (χ0n) is 9.69. The van der Waals surface area contributed by atoms with Gasteiger partial charge in [-0.1, -0.05) is 0 Å². The van der Waals surface area contributed by atoms with Crippen LogP contribution in [0.25, 0.3) is 0 Å². The number of hydrogen-bond donors (Lipinski definition) is 0. The van der Waals surface area contributed by atoms with Crippen molar-refractivity contribution >= 4 is 17.7 Å². The van der Waals surface area contributed by atoms with Gasteiger partial charge in [0.15, 0.2) is 0 Å². The van der Waals surface area contributed by atoms with Crippen LogP contribution in [-0.2, 0) is 4.79 Å². The first-order chi connectivity index (χ1) is 7.74. The monoisotopic (exact) mass is 238 g/mol. The topological polar surface area (TPSA) is 44.1 Å². The molecular formula is C12H18N2OS. The van der Waals surface area contributed by atoms with E-state index in [4.69, 9.17) is 5.26 Å². The molecule has 16 heavy (non-hydrogen) atoms. The molecule has 2 rings (SSSR count). The van der Waals surface area contributed by atoms with E-state index < -0.39 is 0 Å². The average molecular weight is 238 g/mol. The van der Waals surface area contributed by atoms with Crippen molar-refractivity contribution in [2.24, 2.45) is 5.92 Å². The van der Waals surface area contributed by atoms with Crippen molar-refractivity contribution in [3.05, 3.63) is 0 Å². The second-order valence-electron chi connectivity index (χ2n) is 4.74. The molecule has 2 fully saturated rings. The van der Waals surface area contributed by atoms with Gasteiger partial charge in [-0.2, -0.15) is 17.0 Å². The van der Waals surface area contributed by atoms with Crippen molar-refractivity contribution in [3.8, 4) is 6.07 Å². The quantitative estimate of drug-likeness (QED) is 0.739. The molecule has 1 unspecified atom stereocenters. The van der Waals surface area contributed by atoms with Gasteiger partial charge in [0.25, 0.3) is 0 Å². The number of carbonyl (C=O) groups is 1. The lowest BCUT2D eigenvalue weighted by Gasteiger charge is -2.34. The number of nitriles is 1. The molecule has 1 aliphatic heterocycles. The second kappa shape index (κ2) is 5.09. The number of amides is 1. The summed E-state index contributed by atoms with van der Waals surface area (Å²) in [6.07, 6.45) is 7.28. The number of rotatable bonds is 2. The fourth-order valence-electron chi connectivity index (χ4n) is 2.76. The predicted octanol–water partition coefficient (Wildman–Crippen LogP) is 2.03. The third-order valence-corrected chi connectivity index (χ3v) is 4.90. The Morgan fingerprint density at radius 1 is 1.38 bits per heavy atom. The van der Waals surface area contributed by atoms with E-state index in [1.807, 2.05) is 16.7 Å². The molecule has 1 aliphatic carbocycles. The number of thioether (sulfide) groups is 1. The van der Waals surface area contributed by atoms with Crippen LogP contribution < -0.4 is 0 Å². The SMILES string of the molecule is CSC1CCC(N2CC(C#N)CC2=O)CC1. The van der Waals surface area contributed by atoms with E-state index in [1.54, 1.807) is 0 Å². The van der Waals surface area contributed by atoms with Gasteiger partial charge < -0.3 is 4.90 Å². The van der Waals surface area contributed by atoms with Crippen LogP contribution in [-0.4, -0.2) is 34.9 Å². The van der Waals surface area contributed by atoms with E-state index in [9.17, 15) is 4.79 Å². The summed E-state index contributed by atoms with van der Waals surface area (Å²) < 4.78 is 0. The number of nitrogens with zero attached hydrogens (tertiary/aromatic N) is 2. The van der Waals surface area contributed by atoms with Crippen LogP contribution >= 0.6 is 11.8 Å². The smallest absolute Gasteiger partial charge is 0.224 e. The maximum absolute atomic E-state index is 11.8. The van der Waals surface area contributed by atoms with Gasteiger partial charge in [0.1, 0.15) is 0 Å². The Bertz CT molecular complexity index is 305. The summed E-state index contributed by atoms with van der Waals surface area (Å²) in [5.74, 6) is 0.130. The molecule has 1 atom stereocenters. The number of hydrogen-bond acceptors (Lipinski definition) is 3. The van der Waals surface area contributed by atoms with Crippen molar-refractivity contribution in [2.45, 2.75) is 43.4 Å². The summed E-state index contributed by atoms with van der Waals surface area (Å²) in [4.78, 5) is 13.7. The van der Waals surface area contributed by atoms with Gasteiger partial charge in [0, 0.05) is 24.3 Å². The van der Waals surface area contributed by atoms with Crippen LogP contribution in [0.5, 0.6) is 0 Å². The summed E-state index contributed by atoms with van der Waals surface area (Å²) in [5, 5.41) is 9.63. The second-order valence-corrected chi connectivity index (χ2v) is 5.88. The van der Waals surface area contributed by atoms with Crippen LogP contribution in [0.15, 0.2) is 0 Å². The predicted molar refractivity (Wildman–Crippen MR) is 65.0 cm³/mol. The molecule has 4 heteroatoms.